The molecule has 0 aliphatic heterocycles. The van der Waals surface area contributed by atoms with Gasteiger partial charge in [0.25, 0.3) is 0 Å². The number of ketones is 2. The van der Waals surface area contributed by atoms with Crippen molar-refractivity contribution in [3.05, 3.63) is 571 Å². The van der Waals surface area contributed by atoms with E-state index in [4.69, 9.17) is 0 Å². The number of allylic oxidation sites excluding steroid dienone is 2. The van der Waals surface area contributed by atoms with E-state index in [1.807, 2.05) is 97.1 Å². The topological polar surface area (TPSA) is 34.1 Å². The molecule has 0 aromatic heterocycles. The number of rotatable bonds is 10. The van der Waals surface area contributed by atoms with Crippen molar-refractivity contribution in [3.8, 4) is 44.5 Å². The molecule has 17 aromatic rings. The van der Waals surface area contributed by atoms with E-state index < -0.39 is 0 Å². The van der Waals surface area contributed by atoms with E-state index in [0.717, 1.165) is 60.8 Å². The fourth-order valence-corrected chi connectivity index (χ4v) is 17.8. The Morgan fingerprint density at radius 2 is 0.557 bits per heavy atom. The van der Waals surface area contributed by atoms with Crippen molar-refractivity contribution in [2.45, 2.75) is 149 Å². The second-order valence-electron chi connectivity index (χ2n) is 35.8. The fourth-order valence-electron chi connectivity index (χ4n) is 17.8. The van der Waals surface area contributed by atoms with Crippen molar-refractivity contribution >= 4 is 23.7 Å². The first-order valence-electron chi connectivity index (χ1n) is 48.7. The van der Waals surface area contributed by atoms with Gasteiger partial charge in [-0.2, -0.15) is 0 Å². The fraction of sp³-hybridized carbons (Fsp3) is 0.176. The third kappa shape index (κ3) is 31.3. The normalized spacial score (nSPS) is 12.6. The summed E-state index contributed by atoms with van der Waals surface area (Å²) in [5.74, 6) is -0.366. The summed E-state index contributed by atoms with van der Waals surface area (Å²) in [7, 11) is 0. The number of carbonyl (C=O) groups is 2. The quantitative estimate of drug-likeness (QED) is 0.101. The van der Waals surface area contributed by atoms with Crippen molar-refractivity contribution < 1.29 is 40.3 Å². The lowest BCUT2D eigenvalue weighted by atomic mass is 9.84. The Bertz CT molecular complexity index is 6410. The maximum Gasteiger partial charge on any atom is 0.193 e. The van der Waals surface area contributed by atoms with E-state index in [0.29, 0.717) is 34.1 Å². The van der Waals surface area contributed by atoms with Crippen LogP contribution in [0.2, 0.25) is 0 Å². The Labute approximate surface area is 823 Å². The van der Waals surface area contributed by atoms with Crippen LogP contribution in [0.3, 0.4) is 0 Å². The van der Waals surface area contributed by atoms with Crippen LogP contribution in [-0.4, -0.2) is 11.6 Å². The zero-order chi connectivity index (χ0) is 98.2. The Hall–Kier alpha value is -14.9. The average Bonchev–Trinajstić information content (AvgIpc) is 1.64. The molecule has 17 aromatic carbocycles. The van der Waals surface area contributed by atoms with Gasteiger partial charge in [0.1, 0.15) is 40.7 Å². The van der Waals surface area contributed by atoms with E-state index in [9.17, 15) is 40.3 Å². The summed E-state index contributed by atoms with van der Waals surface area (Å²) in [4.78, 5) is 23.7. The summed E-state index contributed by atoms with van der Waals surface area (Å²) in [6, 6.07) is 129. The van der Waals surface area contributed by atoms with Crippen molar-refractivity contribution in [2.75, 3.05) is 0 Å². The Balaban J connectivity index is 0.000000130. The van der Waals surface area contributed by atoms with Crippen LogP contribution in [0.25, 0.3) is 56.7 Å². The molecule has 2 saturated carbocycles. The number of hydrogen-bond acceptors (Lipinski definition) is 2. The monoisotopic (exact) mass is 1860 g/mol. The second-order valence-corrected chi connectivity index (χ2v) is 35.8. The van der Waals surface area contributed by atoms with Crippen molar-refractivity contribution in [1.82, 2.24) is 0 Å². The molecule has 0 heterocycles. The molecule has 2 fully saturated rings. The second kappa shape index (κ2) is 53.7. The standard InChI is InChI=1S/2C14H12.2C13H9FO.2C13H12.2C12H15F.2C9H7F.C9H11F/c2*1-10-6-7-14-12(8-10)9-11-4-2-3-5-13(11)14;2*14-12-8-6-11(7-9-12)13(15)10-4-2-1-3-5-10;2*1-11-7-9-13(10-8-11)12-5-3-2-4-6-12;2*13-12-9-5-4-8-11(12)10-6-2-1-3-7-10;2*10-9-5-4-7-2-1-3-8(7)6-9;1-2-3-8-4-6-9(10)7-5-8/h2*2-8H,9H2,1H3;2*1-9H;2*2-10H,1H3;2*4-5,8-10H,1-3,6-7H2;2*1,3-6H,2H2;4-7H,2-3H2,1H3/i;;14-1;;;;13-1;;10-1;;. The van der Waals surface area contributed by atoms with Crippen LogP contribution in [0.4, 0.5) is 30.7 Å². The maximum atomic E-state index is 13.4. The van der Waals surface area contributed by atoms with Gasteiger partial charge in [0.15, 0.2) is 11.6 Å². The molecule has 140 heavy (non-hydrogen) atoms. The van der Waals surface area contributed by atoms with E-state index in [2.05, 4.69) is 217 Å². The first kappa shape index (κ1) is 102. The van der Waals surface area contributed by atoms with Crippen LogP contribution in [0.15, 0.2) is 425 Å². The predicted octanol–water partition coefficient (Wildman–Crippen LogP) is 35.9. The van der Waals surface area contributed by atoms with Crippen LogP contribution in [0.1, 0.15) is 205 Å². The van der Waals surface area contributed by atoms with Crippen LogP contribution in [0.5, 0.6) is 0 Å². The van der Waals surface area contributed by atoms with Gasteiger partial charge in [-0.15, -0.1) is 0 Å². The molecule has 0 unspecified atom stereocenters. The number of hydrogen-bond donors (Lipinski definition) is 0. The van der Waals surface area contributed by atoms with Gasteiger partial charge < -0.3 is 0 Å². The summed E-state index contributed by atoms with van der Waals surface area (Å²) < 4.78 is 89.4. The van der Waals surface area contributed by atoms with Gasteiger partial charge in [-0.1, -0.05) is 414 Å². The molecule has 23 rings (SSSR count). The Kier molecular flexibility index (Phi) is 39.3. The molecule has 2 nitrogen and oxygen atoms in total. The molecule has 6 aliphatic carbocycles. The number of aryl methyl sites for hydroxylation is 5. The average molecular weight is 1860 g/mol. The maximum absolute atomic E-state index is 13.4. The molecule has 706 valence electrons. The third-order valence-electron chi connectivity index (χ3n) is 25.3. The summed E-state index contributed by atoms with van der Waals surface area (Å²) >= 11 is 0. The van der Waals surface area contributed by atoms with Gasteiger partial charge in [0.05, 0.1) is 0 Å². The molecule has 0 radical (unpaired) electrons. The summed E-state index contributed by atoms with van der Waals surface area (Å²) in [6.45, 7) is 10.6. The van der Waals surface area contributed by atoms with E-state index >= 15 is 0 Å². The third-order valence-corrected chi connectivity index (χ3v) is 25.3. The number of fused-ring (bicyclic) bond motifs is 8. The van der Waals surface area contributed by atoms with Crippen LogP contribution < -0.4 is 0 Å². The SMILES string of the molecule is CCCc1ccc(F)cc1.Cc1ccc(-c2ccccc2)cc1.Cc1ccc(-c2ccccc2)cc1.Cc1ccc2c(c1)Cc1ccccc1-2.Cc1ccc2c(c1)Cc1ccccc1-2.Fc1ccc2c(c1)C=CC2.Fc1ccccc1C1CCCCC1.O=C(c1ccccc1)c1ccc(F)cc1.O=C(c1ccccc1)c1ccc([18F])cc1.[18F]c1ccc2c(c1)C=CC2.[18F]c1ccccc1C1CCCCC1. The van der Waals surface area contributed by atoms with Gasteiger partial charge in [0.2, 0.25) is 0 Å². The molecule has 9 heteroatoms. The van der Waals surface area contributed by atoms with Crippen molar-refractivity contribution in [1.29, 1.82) is 0 Å². The van der Waals surface area contributed by atoms with Crippen LogP contribution in [0, 0.1) is 68.4 Å². The zero-order valence-electron chi connectivity index (χ0n) is 80.5. The van der Waals surface area contributed by atoms with E-state index in [1.165, 1.54) is 243 Å². The first-order valence-corrected chi connectivity index (χ1v) is 48.7. The summed E-state index contributed by atoms with van der Waals surface area (Å²) in [6.07, 6.45) is 26.7. The molecule has 0 amide bonds. The first-order chi connectivity index (χ1) is 68.2. The Morgan fingerprint density at radius 1 is 0.257 bits per heavy atom. The van der Waals surface area contributed by atoms with E-state index in [-0.39, 0.29) is 52.3 Å². The highest BCUT2D eigenvalue weighted by molar-refractivity contribution is 6.09. The van der Waals surface area contributed by atoms with Crippen molar-refractivity contribution in [2.24, 2.45) is 0 Å². The minimum absolute atomic E-state index is 0.0191. The number of carbonyl (C=O) groups excluding carboxylic acids is 2. The smallest absolute Gasteiger partial charge is 0.193 e. The van der Waals surface area contributed by atoms with Gasteiger partial charge in [-0.25, -0.2) is 30.7 Å². The predicted molar refractivity (Wildman–Crippen MR) is 568 cm³/mol. The zero-order valence-corrected chi connectivity index (χ0v) is 80.5. The van der Waals surface area contributed by atoms with Crippen LogP contribution >= 0.6 is 0 Å². The van der Waals surface area contributed by atoms with Gasteiger partial charge in [-0.3, -0.25) is 9.59 Å². The van der Waals surface area contributed by atoms with Gasteiger partial charge in [0, 0.05) is 22.3 Å². The molecule has 0 spiro atoms. The largest absolute Gasteiger partial charge is 0.289 e. The molecule has 6 aliphatic rings. The molecular weight excluding hydrogens is 1740 g/mol. The van der Waals surface area contributed by atoms with E-state index in [1.54, 1.807) is 84.9 Å². The minimum Gasteiger partial charge on any atom is -0.289 e. The summed E-state index contributed by atoms with van der Waals surface area (Å²) in [5, 5.41) is 0. The summed E-state index contributed by atoms with van der Waals surface area (Å²) in [5.41, 5.74) is 31.8. The van der Waals surface area contributed by atoms with Gasteiger partial charge >= 0.3 is 0 Å². The highest BCUT2D eigenvalue weighted by Gasteiger charge is 2.22. The highest BCUT2D eigenvalue weighted by atomic mass is 19.1. The molecular formula is C131H121F7O2. The molecule has 0 bridgehead atoms. The molecule has 0 atom stereocenters. The highest BCUT2D eigenvalue weighted by Crippen LogP contribution is 2.40. The number of benzene rings is 17. The Morgan fingerprint density at radius 3 is 0.921 bits per heavy atom. The molecule has 0 saturated heterocycles. The lowest BCUT2D eigenvalue weighted by Crippen LogP contribution is -2.06. The van der Waals surface area contributed by atoms with Gasteiger partial charge in [-0.05, 0) is 300 Å². The lowest BCUT2D eigenvalue weighted by Gasteiger charge is -2.22. The van der Waals surface area contributed by atoms with Crippen molar-refractivity contribution in [3.63, 3.8) is 0 Å². The number of halogens is 7. The lowest BCUT2D eigenvalue weighted by molar-refractivity contribution is 0.103. The minimum atomic E-state index is -0.334. The van der Waals surface area contributed by atoms with Crippen LogP contribution in [-0.2, 0) is 32.1 Å². The molecule has 0 N–H and O–H groups in total.